The molecule has 33 heavy (non-hydrogen) atoms. The molecule has 0 radical (unpaired) electrons. The third kappa shape index (κ3) is 3.94. The first-order valence-electron chi connectivity index (χ1n) is 9.66. The molecule has 3 aromatic carbocycles. The topological polar surface area (TPSA) is 130 Å². The van der Waals surface area contributed by atoms with E-state index >= 15 is 0 Å². The number of nitrogens with one attached hydrogen (secondary N) is 1. The molecule has 9 nitrogen and oxygen atoms in total. The van der Waals surface area contributed by atoms with E-state index in [1.165, 1.54) is 73.8 Å². The van der Waals surface area contributed by atoms with Crippen molar-refractivity contribution in [1.82, 2.24) is 0 Å². The Morgan fingerprint density at radius 2 is 1.36 bits per heavy atom. The molecule has 1 aliphatic rings. The second-order valence-corrected chi connectivity index (χ2v) is 7.08. The zero-order valence-electron chi connectivity index (χ0n) is 17.2. The lowest BCUT2D eigenvalue weighted by molar-refractivity contribution is 0.0599. The number of carbonyl (C=O) groups is 5. The molecule has 164 valence electrons. The molecular formula is C24H16N2O7. The first-order chi connectivity index (χ1) is 15.8. The third-order valence-electron chi connectivity index (χ3n) is 5.09. The first kappa shape index (κ1) is 21.4. The molecule has 0 saturated carbocycles. The number of anilines is 2. The van der Waals surface area contributed by atoms with E-state index in [1.807, 2.05) is 0 Å². The minimum atomic E-state index is -1.08. The Bertz CT molecular complexity index is 1310. The second kappa shape index (κ2) is 8.39. The van der Waals surface area contributed by atoms with Crippen molar-refractivity contribution in [3.63, 3.8) is 0 Å². The lowest BCUT2D eigenvalue weighted by atomic mass is 10.1. The van der Waals surface area contributed by atoms with Crippen LogP contribution in [0.4, 0.5) is 11.4 Å². The monoisotopic (exact) mass is 444 g/mol. The zero-order valence-corrected chi connectivity index (χ0v) is 17.2. The van der Waals surface area contributed by atoms with Gasteiger partial charge < -0.3 is 15.2 Å². The predicted molar refractivity (Wildman–Crippen MR) is 117 cm³/mol. The molecule has 0 saturated heterocycles. The minimum absolute atomic E-state index is 0.0749. The number of benzene rings is 3. The molecule has 0 fully saturated rings. The summed E-state index contributed by atoms with van der Waals surface area (Å²) in [6, 6.07) is 15.6. The van der Waals surface area contributed by atoms with Crippen LogP contribution in [0.5, 0.6) is 0 Å². The molecule has 0 aromatic heterocycles. The van der Waals surface area contributed by atoms with Gasteiger partial charge >= 0.3 is 11.9 Å². The van der Waals surface area contributed by atoms with E-state index in [0.29, 0.717) is 5.69 Å². The molecule has 0 spiro atoms. The highest BCUT2D eigenvalue weighted by molar-refractivity contribution is 6.34. The van der Waals surface area contributed by atoms with Crippen LogP contribution in [0.15, 0.2) is 66.7 Å². The summed E-state index contributed by atoms with van der Waals surface area (Å²) in [6.45, 7) is 0. The van der Waals surface area contributed by atoms with Gasteiger partial charge in [0.1, 0.15) is 0 Å². The summed E-state index contributed by atoms with van der Waals surface area (Å²) in [4.78, 5) is 61.9. The number of carboxylic acid groups (broad SMARTS) is 1. The SMILES string of the molecule is COC(=O)c1ccc(N2C(=O)c3ccc(C(=O)Nc4ccc(C(=O)O)cc4)cc3C2=O)cc1. The van der Waals surface area contributed by atoms with Crippen molar-refractivity contribution < 1.29 is 33.8 Å². The summed E-state index contributed by atoms with van der Waals surface area (Å²) < 4.78 is 4.64. The Balaban J connectivity index is 1.56. The second-order valence-electron chi connectivity index (χ2n) is 7.08. The summed E-state index contributed by atoms with van der Waals surface area (Å²) in [5.74, 6) is -3.29. The number of nitrogens with zero attached hydrogens (tertiary/aromatic N) is 1. The molecule has 0 bridgehead atoms. The van der Waals surface area contributed by atoms with Crippen LogP contribution in [-0.4, -0.2) is 41.9 Å². The van der Waals surface area contributed by atoms with Crippen LogP contribution in [0.25, 0.3) is 0 Å². The smallest absolute Gasteiger partial charge is 0.337 e. The van der Waals surface area contributed by atoms with Crippen LogP contribution in [0.1, 0.15) is 51.8 Å². The maximum atomic E-state index is 12.9. The number of carbonyl (C=O) groups excluding carboxylic acids is 4. The quantitative estimate of drug-likeness (QED) is 0.456. The van der Waals surface area contributed by atoms with Gasteiger partial charge in [-0.05, 0) is 66.7 Å². The molecule has 4 rings (SSSR count). The van der Waals surface area contributed by atoms with Gasteiger partial charge in [-0.2, -0.15) is 0 Å². The number of aromatic carboxylic acids is 1. The fraction of sp³-hybridized carbons (Fsp3) is 0.0417. The van der Waals surface area contributed by atoms with E-state index in [4.69, 9.17) is 5.11 Å². The van der Waals surface area contributed by atoms with Crippen LogP contribution in [0.2, 0.25) is 0 Å². The molecule has 0 aliphatic carbocycles. The van der Waals surface area contributed by atoms with Gasteiger partial charge in [0.15, 0.2) is 0 Å². The maximum absolute atomic E-state index is 12.9. The molecule has 0 unspecified atom stereocenters. The van der Waals surface area contributed by atoms with Gasteiger partial charge in [0.05, 0.1) is 35.1 Å². The normalized spacial score (nSPS) is 12.3. The molecule has 3 aromatic rings. The van der Waals surface area contributed by atoms with Crippen LogP contribution in [0.3, 0.4) is 0 Å². The van der Waals surface area contributed by atoms with Gasteiger partial charge in [-0.1, -0.05) is 0 Å². The van der Waals surface area contributed by atoms with Crippen LogP contribution in [-0.2, 0) is 4.74 Å². The van der Waals surface area contributed by atoms with Gasteiger partial charge in [0, 0.05) is 11.3 Å². The highest BCUT2D eigenvalue weighted by Crippen LogP contribution is 2.29. The van der Waals surface area contributed by atoms with Crippen molar-refractivity contribution in [3.8, 4) is 0 Å². The number of amides is 3. The Kier molecular flexibility index (Phi) is 5.45. The molecule has 2 N–H and O–H groups in total. The van der Waals surface area contributed by atoms with Gasteiger partial charge in [0.25, 0.3) is 17.7 Å². The molecule has 0 atom stereocenters. The van der Waals surface area contributed by atoms with E-state index in [0.717, 1.165) is 4.90 Å². The van der Waals surface area contributed by atoms with Crippen LogP contribution in [0, 0.1) is 0 Å². The summed E-state index contributed by atoms with van der Waals surface area (Å²) in [5, 5.41) is 11.6. The van der Waals surface area contributed by atoms with E-state index in [9.17, 15) is 24.0 Å². The predicted octanol–water partition coefficient (Wildman–Crippen LogP) is 3.22. The number of esters is 1. The van der Waals surface area contributed by atoms with Crippen LogP contribution < -0.4 is 10.2 Å². The van der Waals surface area contributed by atoms with Crippen molar-refractivity contribution in [3.05, 3.63) is 94.5 Å². The minimum Gasteiger partial charge on any atom is -0.478 e. The molecule has 1 heterocycles. The number of imide groups is 1. The standard InChI is InChI=1S/C24H16N2O7/c1-33-24(32)14-4-9-17(10-5-14)26-21(28)18-11-6-15(12-19(18)22(26)29)20(27)25-16-7-2-13(3-8-16)23(30)31/h2-12H,1H3,(H,25,27)(H,30,31). The fourth-order valence-electron chi connectivity index (χ4n) is 3.38. The zero-order chi connectivity index (χ0) is 23.7. The largest absolute Gasteiger partial charge is 0.478 e. The average molecular weight is 444 g/mol. The van der Waals surface area contributed by atoms with Crippen LogP contribution >= 0.6 is 0 Å². The molecule has 3 amide bonds. The number of methoxy groups -OCH3 is 1. The Hall–Kier alpha value is -4.79. The van der Waals surface area contributed by atoms with Crippen molar-refractivity contribution in [2.45, 2.75) is 0 Å². The number of rotatable bonds is 5. The fourth-order valence-corrected chi connectivity index (χ4v) is 3.38. The van der Waals surface area contributed by atoms with Gasteiger partial charge in [-0.3, -0.25) is 14.4 Å². The lowest BCUT2D eigenvalue weighted by Crippen LogP contribution is -2.29. The van der Waals surface area contributed by atoms with Crippen molar-refractivity contribution in [2.75, 3.05) is 17.3 Å². The third-order valence-corrected chi connectivity index (χ3v) is 5.09. The molecular weight excluding hydrogens is 428 g/mol. The summed E-state index contributed by atoms with van der Waals surface area (Å²) in [7, 11) is 1.25. The van der Waals surface area contributed by atoms with E-state index < -0.39 is 29.7 Å². The van der Waals surface area contributed by atoms with Crippen molar-refractivity contribution in [2.24, 2.45) is 0 Å². The number of hydrogen-bond acceptors (Lipinski definition) is 6. The number of carboxylic acids is 1. The summed E-state index contributed by atoms with van der Waals surface area (Å²) >= 11 is 0. The Labute approximate surface area is 187 Å². The lowest BCUT2D eigenvalue weighted by Gasteiger charge is -2.14. The molecule has 9 heteroatoms. The van der Waals surface area contributed by atoms with Gasteiger partial charge in [-0.15, -0.1) is 0 Å². The average Bonchev–Trinajstić information content (AvgIpc) is 3.08. The highest BCUT2D eigenvalue weighted by Gasteiger charge is 2.37. The van der Waals surface area contributed by atoms with E-state index in [1.54, 1.807) is 0 Å². The van der Waals surface area contributed by atoms with Gasteiger partial charge in [-0.25, -0.2) is 14.5 Å². The summed E-state index contributed by atoms with van der Waals surface area (Å²) in [5.41, 5.74) is 1.38. The van der Waals surface area contributed by atoms with E-state index in [2.05, 4.69) is 10.1 Å². The Morgan fingerprint density at radius 3 is 1.97 bits per heavy atom. The van der Waals surface area contributed by atoms with Crippen molar-refractivity contribution >= 4 is 41.0 Å². The number of ether oxygens (including phenoxy) is 1. The molecule has 1 aliphatic heterocycles. The summed E-state index contributed by atoms with van der Waals surface area (Å²) in [6.07, 6.45) is 0. The van der Waals surface area contributed by atoms with Crippen molar-refractivity contribution in [1.29, 1.82) is 0 Å². The van der Waals surface area contributed by atoms with Gasteiger partial charge in [0.2, 0.25) is 0 Å². The maximum Gasteiger partial charge on any atom is 0.337 e. The Morgan fingerprint density at radius 1 is 0.788 bits per heavy atom. The highest BCUT2D eigenvalue weighted by atomic mass is 16.5. The first-order valence-corrected chi connectivity index (χ1v) is 9.66. The number of fused-ring (bicyclic) bond motifs is 1. The number of hydrogen-bond donors (Lipinski definition) is 2. The van der Waals surface area contributed by atoms with E-state index in [-0.39, 0.29) is 33.5 Å².